The van der Waals surface area contributed by atoms with Crippen LogP contribution in [0.4, 0.5) is 5.69 Å². The Morgan fingerprint density at radius 3 is 2.90 bits per heavy atom. The number of hydrogen-bond donors (Lipinski definition) is 1. The number of tetrazole rings is 1. The minimum absolute atomic E-state index is 0.578. The van der Waals surface area contributed by atoms with E-state index in [0.717, 1.165) is 55.2 Å². The second kappa shape index (κ2) is 5.58. The lowest BCUT2D eigenvalue weighted by Gasteiger charge is -2.21. The third kappa shape index (κ3) is 2.65. The highest BCUT2D eigenvalue weighted by Gasteiger charge is 2.18. The van der Waals surface area contributed by atoms with Gasteiger partial charge in [0, 0.05) is 31.0 Å². The Morgan fingerprint density at radius 1 is 1.35 bits per heavy atom. The van der Waals surface area contributed by atoms with Crippen molar-refractivity contribution in [1.82, 2.24) is 20.2 Å². The number of aryl methyl sites for hydroxylation is 1. The maximum atomic E-state index is 5.97. The van der Waals surface area contributed by atoms with Crippen LogP contribution in [0.15, 0.2) is 18.2 Å². The van der Waals surface area contributed by atoms with E-state index >= 15 is 0 Å². The molecule has 0 spiro atoms. The van der Waals surface area contributed by atoms with Crippen LogP contribution in [0.1, 0.15) is 18.4 Å². The van der Waals surface area contributed by atoms with Crippen LogP contribution in [-0.4, -0.2) is 33.4 Å². The fourth-order valence-electron chi connectivity index (χ4n) is 2.49. The van der Waals surface area contributed by atoms with E-state index in [4.69, 9.17) is 10.5 Å². The summed E-state index contributed by atoms with van der Waals surface area (Å²) < 4.78 is 7.26. The number of nitrogens with zero attached hydrogens (tertiary/aromatic N) is 4. The summed E-state index contributed by atoms with van der Waals surface area (Å²) in [4.78, 5) is 0. The fourth-order valence-corrected chi connectivity index (χ4v) is 2.49. The summed E-state index contributed by atoms with van der Waals surface area (Å²) in [5.41, 5.74) is 8.76. The molecule has 2 heterocycles. The Balaban J connectivity index is 1.83. The van der Waals surface area contributed by atoms with Gasteiger partial charge in [-0.3, -0.25) is 0 Å². The number of nitrogens with two attached hydrogens (primary N) is 1. The first-order valence-corrected chi connectivity index (χ1v) is 6.94. The van der Waals surface area contributed by atoms with E-state index < -0.39 is 0 Å². The third-order valence-corrected chi connectivity index (χ3v) is 3.84. The van der Waals surface area contributed by atoms with Gasteiger partial charge in [0.1, 0.15) is 0 Å². The van der Waals surface area contributed by atoms with Crippen molar-refractivity contribution in [2.45, 2.75) is 26.3 Å². The van der Waals surface area contributed by atoms with Crippen molar-refractivity contribution in [3.8, 4) is 11.4 Å². The van der Waals surface area contributed by atoms with Gasteiger partial charge in [-0.05, 0) is 47.7 Å². The first-order valence-electron chi connectivity index (χ1n) is 6.94. The summed E-state index contributed by atoms with van der Waals surface area (Å²) in [7, 11) is 0. The Morgan fingerprint density at radius 2 is 2.15 bits per heavy atom. The van der Waals surface area contributed by atoms with Crippen LogP contribution < -0.4 is 5.73 Å². The van der Waals surface area contributed by atoms with Crippen LogP contribution in [0.3, 0.4) is 0 Å². The van der Waals surface area contributed by atoms with E-state index in [1.807, 2.05) is 29.8 Å². The minimum Gasteiger partial charge on any atom is -0.398 e. The molecular formula is C14H19N5O. The van der Waals surface area contributed by atoms with Crippen LogP contribution >= 0.6 is 0 Å². The maximum Gasteiger partial charge on any atom is 0.182 e. The highest BCUT2D eigenvalue weighted by atomic mass is 16.5. The maximum absolute atomic E-state index is 5.97. The number of anilines is 1. The smallest absolute Gasteiger partial charge is 0.182 e. The van der Waals surface area contributed by atoms with E-state index in [-0.39, 0.29) is 0 Å². The molecule has 1 saturated heterocycles. The largest absolute Gasteiger partial charge is 0.398 e. The number of benzene rings is 1. The van der Waals surface area contributed by atoms with Crippen LogP contribution in [0.5, 0.6) is 0 Å². The molecule has 1 aliphatic heterocycles. The van der Waals surface area contributed by atoms with E-state index in [1.165, 1.54) is 0 Å². The summed E-state index contributed by atoms with van der Waals surface area (Å²) >= 11 is 0. The lowest BCUT2D eigenvalue weighted by molar-refractivity contribution is 0.0601. The fraction of sp³-hybridized carbons (Fsp3) is 0.500. The summed E-state index contributed by atoms with van der Waals surface area (Å²) in [6.07, 6.45) is 2.13. The zero-order valence-corrected chi connectivity index (χ0v) is 11.6. The summed E-state index contributed by atoms with van der Waals surface area (Å²) in [6.45, 7) is 4.49. The molecule has 0 atom stereocenters. The monoisotopic (exact) mass is 273 g/mol. The summed E-state index contributed by atoms with van der Waals surface area (Å²) in [6, 6.07) is 5.94. The van der Waals surface area contributed by atoms with Crippen molar-refractivity contribution >= 4 is 5.69 Å². The van der Waals surface area contributed by atoms with E-state index in [1.54, 1.807) is 0 Å². The van der Waals surface area contributed by atoms with E-state index in [9.17, 15) is 0 Å². The van der Waals surface area contributed by atoms with Gasteiger partial charge in [-0.1, -0.05) is 12.1 Å². The Labute approximate surface area is 117 Å². The Kier molecular flexibility index (Phi) is 3.64. The summed E-state index contributed by atoms with van der Waals surface area (Å²) in [5, 5.41) is 12.1. The number of rotatable bonds is 3. The Bertz CT molecular complexity index is 589. The molecule has 1 aliphatic rings. The Hall–Kier alpha value is -1.95. The molecule has 6 nitrogen and oxygen atoms in total. The molecule has 0 amide bonds. The van der Waals surface area contributed by atoms with Crippen LogP contribution in [0, 0.1) is 12.8 Å². The van der Waals surface area contributed by atoms with Crippen molar-refractivity contribution in [3.05, 3.63) is 23.8 Å². The van der Waals surface area contributed by atoms with Crippen LogP contribution in [0.25, 0.3) is 11.4 Å². The van der Waals surface area contributed by atoms with Crippen molar-refractivity contribution < 1.29 is 4.74 Å². The molecule has 106 valence electrons. The average molecular weight is 273 g/mol. The molecule has 1 aromatic heterocycles. The highest BCUT2D eigenvalue weighted by Crippen LogP contribution is 2.23. The normalized spacial score (nSPS) is 16.4. The standard InChI is InChI=1S/C14H19N5O/c1-10-2-3-12(8-13(10)15)14-16-17-18-19(14)9-11-4-6-20-7-5-11/h2-3,8,11H,4-7,9,15H2,1H3. The molecule has 0 radical (unpaired) electrons. The first kappa shape index (κ1) is 13.1. The molecule has 20 heavy (non-hydrogen) atoms. The van der Waals surface area contributed by atoms with Gasteiger partial charge in [0.25, 0.3) is 0 Å². The molecule has 2 N–H and O–H groups in total. The molecule has 0 saturated carbocycles. The zero-order chi connectivity index (χ0) is 13.9. The van der Waals surface area contributed by atoms with Gasteiger partial charge in [-0.25, -0.2) is 4.68 Å². The lowest BCUT2D eigenvalue weighted by Crippen LogP contribution is -2.21. The van der Waals surface area contributed by atoms with Crippen molar-refractivity contribution in [2.24, 2.45) is 5.92 Å². The van der Waals surface area contributed by atoms with Gasteiger partial charge in [0.15, 0.2) is 5.82 Å². The second-order valence-electron chi connectivity index (χ2n) is 5.31. The number of nitrogen functional groups attached to an aromatic ring is 1. The second-order valence-corrected chi connectivity index (χ2v) is 5.31. The molecule has 0 aliphatic carbocycles. The topological polar surface area (TPSA) is 78.8 Å². The molecule has 0 unspecified atom stereocenters. The van der Waals surface area contributed by atoms with Gasteiger partial charge >= 0.3 is 0 Å². The quantitative estimate of drug-likeness (QED) is 0.860. The molecule has 0 bridgehead atoms. The lowest BCUT2D eigenvalue weighted by atomic mass is 10.0. The van der Waals surface area contributed by atoms with E-state index in [0.29, 0.717) is 5.92 Å². The van der Waals surface area contributed by atoms with Crippen LogP contribution in [0.2, 0.25) is 0 Å². The van der Waals surface area contributed by atoms with Crippen molar-refractivity contribution in [3.63, 3.8) is 0 Å². The van der Waals surface area contributed by atoms with Gasteiger partial charge in [0.2, 0.25) is 0 Å². The number of aromatic nitrogens is 4. The van der Waals surface area contributed by atoms with Crippen molar-refractivity contribution in [2.75, 3.05) is 18.9 Å². The van der Waals surface area contributed by atoms with Crippen LogP contribution in [-0.2, 0) is 11.3 Å². The molecule has 1 fully saturated rings. The SMILES string of the molecule is Cc1ccc(-c2nnnn2CC2CCOCC2)cc1N. The predicted octanol–water partition coefficient (Wildman–Crippen LogP) is 1.66. The zero-order valence-electron chi connectivity index (χ0n) is 11.6. The number of hydrogen-bond acceptors (Lipinski definition) is 5. The molecule has 6 heteroatoms. The predicted molar refractivity (Wildman–Crippen MR) is 75.9 cm³/mol. The highest BCUT2D eigenvalue weighted by molar-refractivity contribution is 5.63. The molecule has 3 rings (SSSR count). The first-order chi connectivity index (χ1) is 9.74. The molecule has 1 aromatic carbocycles. The van der Waals surface area contributed by atoms with Gasteiger partial charge in [-0.2, -0.15) is 0 Å². The summed E-state index contributed by atoms with van der Waals surface area (Å²) in [5.74, 6) is 1.36. The minimum atomic E-state index is 0.578. The molecule has 2 aromatic rings. The van der Waals surface area contributed by atoms with Gasteiger partial charge in [0.05, 0.1) is 0 Å². The van der Waals surface area contributed by atoms with E-state index in [2.05, 4.69) is 15.5 Å². The molecular weight excluding hydrogens is 254 g/mol. The average Bonchev–Trinajstić information content (AvgIpc) is 2.91. The third-order valence-electron chi connectivity index (χ3n) is 3.84. The van der Waals surface area contributed by atoms with Gasteiger partial charge < -0.3 is 10.5 Å². The van der Waals surface area contributed by atoms with Gasteiger partial charge in [-0.15, -0.1) is 5.10 Å². The van der Waals surface area contributed by atoms with Crippen molar-refractivity contribution in [1.29, 1.82) is 0 Å². The number of ether oxygens (including phenoxy) is 1.